The molecule has 1 heterocycles. The zero-order chi connectivity index (χ0) is 20.5. The summed E-state index contributed by atoms with van der Waals surface area (Å²) in [5, 5.41) is 10.1. The van der Waals surface area contributed by atoms with Gasteiger partial charge < -0.3 is 5.32 Å². The minimum atomic E-state index is -0.542. The van der Waals surface area contributed by atoms with Crippen LogP contribution in [0.2, 0.25) is 5.02 Å². The molecule has 2 N–H and O–H groups in total. The molecule has 146 valence electrons. The highest BCUT2D eigenvalue weighted by atomic mass is 35.5. The predicted octanol–water partition coefficient (Wildman–Crippen LogP) is 5.91. The van der Waals surface area contributed by atoms with Crippen LogP contribution in [0.25, 0.3) is 5.69 Å². The van der Waals surface area contributed by atoms with Crippen LogP contribution in [0.1, 0.15) is 32.0 Å². The molecule has 0 aliphatic carbocycles. The number of aromatic nitrogens is 2. The summed E-state index contributed by atoms with van der Waals surface area (Å²) in [5.74, 6) is -0.0145. The molecule has 2 aromatic carbocycles. The molecule has 3 rings (SSSR count). The highest BCUT2D eigenvalue weighted by molar-refractivity contribution is 6.31. The number of aryl methyl sites for hydroxylation is 1. The summed E-state index contributed by atoms with van der Waals surface area (Å²) in [6.45, 7) is 8.17. The molecule has 0 radical (unpaired) electrons. The van der Waals surface area contributed by atoms with Gasteiger partial charge in [0.15, 0.2) is 0 Å². The van der Waals surface area contributed by atoms with Gasteiger partial charge >= 0.3 is 6.03 Å². The Morgan fingerprint density at radius 3 is 2.36 bits per heavy atom. The second kappa shape index (κ2) is 7.64. The molecule has 0 aliphatic rings. The molecule has 0 fully saturated rings. The van der Waals surface area contributed by atoms with E-state index in [1.54, 1.807) is 4.68 Å². The highest BCUT2D eigenvalue weighted by Crippen LogP contribution is 2.27. The second-order valence-corrected chi connectivity index (χ2v) is 8.03. The summed E-state index contributed by atoms with van der Waals surface area (Å²) in [6, 6.07) is 13.2. The number of benzene rings is 2. The van der Waals surface area contributed by atoms with Crippen LogP contribution in [0.4, 0.5) is 20.7 Å². The Hall–Kier alpha value is -2.86. The van der Waals surface area contributed by atoms with Crippen molar-refractivity contribution in [1.29, 1.82) is 0 Å². The smallest absolute Gasteiger partial charge is 0.308 e. The van der Waals surface area contributed by atoms with Crippen LogP contribution in [-0.2, 0) is 5.41 Å². The summed E-state index contributed by atoms with van der Waals surface area (Å²) >= 11 is 5.77. The van der Waals surface area contributed by atoms with Gasteiger partial charge in [-0.25, -0.2) is 13.9 Å². The van der Waals surface area contributed by atoms with Crippen molar-refractivity contribution in [1.82, 2.24) is 9.78 Å². The van der Waals surface area contributed by atoms with Crippen molar-refractivity contribution in [3.05, 3.63) is 70.6 Å². The zero-order valence-corrected chi connectivity index (χ0v) is 16.9. The Morgan fingerprint density at radius 1 is 1.07 bits per heavy atom. The molecule has 7 heteroatoms. The van der Waals surface area contributed by atoms with Gasteiger partial charge in [0.05, 0.1) is 16.4 Å². The van der Waals surface area contributed by atoms with Crippen LogP contribution in [0.15, 0.2) is 48.5 Å². The SMILES string of the molecule is Cc1ccc(-n2nc(C(C)(C)C)cc2NC(=O)Nc2ccc(F)c(Cl)c2)cc1. The van der Waals surface area contributed by atoms with Crippen molar-refractivity contribution < 1.29 is 9.18 Å². The number of amides is 2. The lowest BCUT2D eigenvalue weighted by molar-refractivity contribution is 0.262. The van der Waals surface area contributed by atoms with E-state index in [0.29, 0.717) is 11.5 Å². The van der Waals surface area contributed by atoms with Gasteiger partial charge in [-0.2, -0.15) is 5.10 Å². The number of rotatable bonds is 3. The number of halogens is 2. The summed E-state index contributed by atoms with van der Waals surface area (Å²) < 4.78 is 15.0. The summed E-state index contributed by atoms with van der Waals surface area (Å²) in [5.41, 5.74) is 3.01. The summed E-state index contributed by atoms with van der Waals surface area (Å²) in [6.07, 6.45) is 0. The van der Waals surface area contributed by atoms with Crippen LogP contribution < -0.4 is 10.6 Å². The van der Waals surface area contributed by atoms with E-state index in [-0.39, 0.29) is 10.4 Å². The number of nitrogens with zero attached hydrogens (tertiary/aromatic N) is 2. The molecule has 0 unspecified atom stereocenters. The lowest BCUT2D eigenvalue weighted by Gasteiger charge is -2.14. The van der Waals surface area contributed by atoms with Crippen LogP contribution in [0.3, 0.4) is 0 Å². The fourth-order valence-electron chi connectivity index (χ4n) is 2.57. The standard InChI is InChI=1S/C21H22ClFN4O/c1-13-5-8-15(9-6-13)27-19(12-18(26-27)21(2,3)4)25-20(28)24-14-7-10-17(23)16(22)11-14/h5-12H,1-4H3,(H2,24,25,28). The quantitative estimate of drug-likeness (QED) is 0.573. The van der Waals surface area contributed by atoms with Crippen molar-refractivity contribution in [3.8, 4) is 5.69 Å². The number of nitrogens with one attached hydrogen (secondary N) is 2. The molecule has 28 heavy (non-hydrogen) atoms. The van der Waals surface area contributed by atoms with Crippen molar-refractivity contribution in [2.75, 3.05) is 10.6 Å². The van der Waals surface area contributed by atoms with Gasteiger partial charge in [-0.05, 0) is 37.3 Å². The first-order chi connectivity index (χ1) is 13.1. The van der Waals surface area contributed by atoms with Crippen LogP contribution in [-0.4, -0.2) is 15.8 Å². The number of carbonyl (C=O) groups is 1. The molecule has 0 aliphatic heterocycles. The number of carbonyl (C=O) groups excluding carboxylic acids is 1. The molecule has 2 amide bonds. The van der Waals surface area contributed by atoms with E-state index < -0.39 is 11.8 Å². The number of urea groups is 1. The molecule has 5 nitrogen and oxygen atoms in total. The molecule has 0 atom stereocenters. The molecule has 3 aromatic rings. The largest absolute Gasteiger partial charge is 0.324 e. The maximum absolute atomic E-state index is 13.3. The van der Waals surface area contributed by atoms with Gasteiger partial charge in [-0.1, -0.05) is 50.1 Å². The average Bonchev–Trinajstić information content (AvgIpc) is 3.03. The Morgan fingerprint density at radius 2 is 1.75 bits per heavy atom. The maximum atomic E-state index is 13.3. The third-order valence-electron chi connectivity index (χ3n) is 4.18. The third-order valence-corrected chi connectivity index (χ3v) is 4.47. The van der Waals surface area contributed by atoms with Crippen molar-refractivity contribution in [2.45, 2.75) is 33.1 Å². The first kappa shape index (κ1) is 19.9. The molecular weight excluding hydrogens is 379 g/mol. The van der Waals surface area contributed by atoms with Gasteiger partial charge in [0.25, 0.3) is 0 Å². The van der Waals surface area contributed by atoms with E-state index in [2.05, 4.69) is 36.5 Å². The minimum absolute atomic E-state index is 0.0579. The highest BCUT2D eigenvalue weighted by Gasteiger charge is 2.21. The normalized spacial score (nSPS) is 11.4. The van der Waals surface area contributed by atoms with Gasteiger partial charge in [-0.3, -0.25) is 5.32 Å². The van der Waals surface area contributed by atoms with Gasteiger partial charge in [0.1, 0.15) is 11.6 Å². The minimum Gasteiger partial charge on any atom is -0.308 e. The second-order valence-electron chi connectivity index (χ2n) is 7.62. The zero-order valence-electron chi connectivity index (χ0n) is 16.2. The number of hydrogen-bond acceptors (Lipinski definition) is 2. The Labute approximate surface area is 168 Å². The lowest BCUT2D eigenvalue weighted by atomic mass is 9.92. The number of hydrogen-bond donors (Lipinski definition) is 2. The first-order valence-corrected chi connectivity index (χ1v) is 9.22. The van der Waals surface area contributed by atoms with Crippen LogP contribution in [0, 0.1) is 12.7 Å². The molecule has 0 bridgehead atoms. The lowest BCUT2D eigenvalue weighted by Crippen LogP contribution is -2.21. The molecule has 0 saturated heterocycles. The fraction of sp³-hybridized carbons (Fsp3) is 0.238. The molecule has 0 saturated carbocycles. The van der Waals surface area contributed by atoms with Crippen LogP contribution >= 0.6 is 11.6 Å². The fourth-order valence-corrected chi connectivity index (χ4v) is 2.75. The predicted molar refractivity (Wildman–Crippen MR) is 111 cm³/mol. The monoisotopic (exact) mass is 400 g/mol. The Bertz CT molecular complexity index is 1010. The van der Waals surface area contributed by atoms with E-state index in [1.807, 2.05) is 37.3 Å². The van der Waals surface area contributed by atoms with Gasteiger partial charge in [0.2, 0.25) is 0 Å². The van der Waals surface area contributed by atoms with Gasteiger partial charge in [0, 0.05) is 17.2 Å². The number of anilines is 2. The van der Waals surface area contributed by atoms with Gasteiger partial charge in [-0.15, -0.1) is 0 Å². The van der Waals surface area contributed by atoms with E-state index in [9.17, 15) is 9.18 Å². The van der Waals surface area contributed by atoms with E-state index in [4.69, 9.17) is 11.6 Å². The van der Waals surface area contributed by atoms with Crippen molar-refractivity contribution in [3.63, 3.8) is 0 Å². The molecule has 1 aromatic heterocycles. The third kappa shape index (κ3) is 4.51. The summed E-state index contributed by atoms with van der Waals surface area (Å²) in [7, 11) is 0. The van der Waals surface area contributed by atoms with Crippen LogP contribution in [0.5, 0.6) is 0 Å². The Kier molecular flexibility index (Phi) is 5.42. The van der Waals surface area contributed by atoms with Crippen molar-refractivity contribution in [2.24, 2.45) is 0 Å². The Balaban J connectivity index is 1.89. The molecular formula is C21H22ClFN4O. The van der Waals surface area contributed by atoms with E-state index in [1.165, 1.54) is 18.2 Å². The first-order valence-electron chi connectivity index (χ1n) is 8.84. The summed E-state index contributed by atoms with van der Waals surface area (Å²) in [4.78, 5) is 12.5. The molecule has 0 spiro atoms. The van der Waals surface area contributed by atoms with E-state index >= 15 is 0 Å². The maximum Gasteiger partial charge on any atom is 0.324 e. The average molecular weight is 401 g/mol. The topological polar surface area (TPSA) is 59.0 Å². The van der Waals surface area contributed by atoms with Crippen molar-refractivity contribution >= 4 is 29.1 Å². The van der Waals surface area contributed by atoms with E-state index in [0.717, 1.165) is 16.9 Å².